The van der Waals surface area contributed by atoms with Gasteiger partial charge in [-0.25, -0.2) is 13.6 Å². The minimum absolute atomic E-state index is 0.270. The molecule has 0 amide bonds. The van der Waals surface area contributed by atoms with E-state index < -0.39 is 48.3 Å². The Morgan fingerprint density at radius 1 is 1.56 bits per heavy atom. The van der Waals surface area contributed by atoms with E-state index in [2.05, 4.69) is 0 Å². The third-order valence-corrected chi connectivity index (χ3v) is 2.56. The van der Waals surface area contributed by atoms with Gasteiger partial charge in [-0.15, -0.1) is 0 Å². The summed E-state index contributed by atoms with van der Waals surface area (Å²) in [6.45, 7) is -0.646. The zero-order valence-corrected chi connectivity index (χ0v) is 8.90. The van der Waals surface area contributed by atoms with Crippen LogP contribution < -0.4 is 11.2 Å². The van der Waals surface area contributed by atoms with Gasteiger partial charge in [-0.3, -0.25) is 14.3 Å². The van der Waals surface area contributed by atoms with Crippen LogP contribution in [0.4, 0.5) is 13.2 Å². The molecule has 0 bridgehead atoms. The van der Waals surface area contributed by atoms with Crippen LogP contribution in [-0.2, 0) is 4.74 Å². The summed E-state index contributed by atoms with van der Waals surface area (Å²) in [6, 6.07) is 0. The first-order chi connectivity index (χ1) is 8.35. The Hall–Kier alpha value is -1.61. The molecule has 2 atom stereocenters. The minimum Gasteiger partial charge on any atom is -0.394 e. The zero-order chi connectivity index (χ0) is 13.5. The standard InChI is InChI=1S/C9H9F3N2O4/c10-5-2-14(8(17)13-6(5)16)7-9(11,12)1-4(3-15)18-7/h2,4,7,15H,1,3H2,(H,13,16,17)/t4-,7-/m1/s1. The summed E-state index contributed by atoms with van der Waals surface area (Å²) in [5.74, 6) is -4.82. The molecular formula is C9H9F3N2O4. The largest absolute Gasteiger partial charge is 0.394 e. The van der Waals surface area contributed by atoms with Crippen LogP contribution in [0.3, 0.4) is 0 Å². The third kappa shape index (κ3) is 2.06. The number of hydrogen-bond acceptors (Lipinski definition) is 4. The lowest BCUT2D eigenvalue weighted by Gasteiger charge is -2.19. The second kappa shape index (κ2) is 4.25. The van der Waals surface area contributed by atoms with Crippen molar-refractivity contribution in [3.8, 4) is 0 Å². The first-order valence-electron chi connectivity index (χ1n) is 5.00. The molecule has 0 aliphatic carbocycles. The van der Waals surface area contributed by atoms with E-state index in [1.165, 1.54) is 0 Å². The molecule has 0 saturated carbocycles. The fourth-order valence-electron chi connectivity index (χ4n) is 1.75. The quantitative estimate of drug-likeness (QED) is 0.762. The molecule has 6 nitrogen and oxygen atoms in total. The highest BCUT2D eigenvalue weighted by Crippen LogP contribution is 2.41. The van der Waals surface area contributed by atoms with Crippen LogP contribution in [-0.4, -0.2) is 33.3 Å². The van der Waals surface area contributed by atoms with Crippen LogP contribution in [0.2, 0.25) is 0 Å². The molecule has 1 saturated heterocycles. The van der Waals surface area contributed by atoms with Gasteiger partial charge in [-0.1, -0.05) is 0 Å². The number of aliphatic hydroxyl groups is 1. The Balaban J connectivity index is 2.46. The summed E-state index contributed by atoms with van der Waals surface area (Å²) in [5, 5.41) is 8.75. The van der Waals surface area contributed by atoms with Crippen LogP contribution in [0.15, 0.2) is 15.8 Å². The predicted octanol–water partition coefficient (Wildman–Crippen LogP) is -0.409. The first kappa shape index (κ1) is 12.8. The molecule has 0 unspecified atom stereocenters. The lowest BCUT2D eigenvalue weighted by Crippen LogP contribution is -2.38. The van der Waals surface area contributed by atoms with Crippen molar-refractivity contribution in [3.05, 3.63) is 32.9 Å². The average Bonchev–Trinajstić information content (AvgIpc) is 2.59. The number of halogens is 3. The van der Waals surface area contributed by atoms with Crippen molar-refractivity contribution in [2.24, 2.45) is 0 Å². The molecule has 1 aromatic rings. The van der Waals surface area contributed by atoms with Gasteiger partial charge in [0.05, 0.1) is 18.9 Å². The second-order valence-corrected chi connectivity index (χ2v) is 3.90. The fraction of sp³-hybridized carbons (Fsp3) is 0.556. The zero-order valence-electron chi connectivity index (χ0n) is 8.90. The molecule has 0 radical (unpaired) electrons. The summed E-state index contributed by atoms with van der Waals surface area (Å²) in [5.41, 5.74) is -2.50. The van der Waals surface area contributed by atoms with Crippen molar-refractivity contribution < 1.29 is 23.0 Å². The van der Waals surface area contributed by atoms with Crippen molar-refractivity contribution in [2.45, 2.75) is 24.7 Å². The van der Waals surface area contributed by atoms with Crippen LogP contribution in [0.5, 0.6) is 0 Å². The number of alkyl halides is 2. The Labute approximate surface area is 97.6 Å². The molecule has 1 aromatic heterocycles. The molecular weight excluding hydrogens is 257 g/mol. The monoisotopic (exact) mass is 266 g/mol. The molecule has 0 spiro atoms. The second-order valence-electron chi connectivity index (χ2n) is 3.90. The number of aromatic amines is 1. The maximum Gasteiger partial charge on any atom is 0.330 e. The molecule has 9 heteroatoms. The van der Waals surface area contributed by atoms with Gasteiger partial charge < -0.3 is 9.84 Å². The Morgan fingerprint density at radius 3 is 2.78 bits per heavy atom. The lowest BCUT2D eigenvalue weighted by molar-refractivity contribution is -0.120. The predicted molar refractivity (Wildman–Crippen MR) is 51.8 cm³/mol. The summed E-state index contributed by atoms with van der Waals surface area (Å²) in [6.07, 6.45) is -3.62. The van der Waals surface area contributed by atoms with Gasteiger partial charge in [0, 0.05) is 6.42 Å². The average molecular weight is 266 g/mol. The van der Waals surface area contributed by atoms with Gasteiger partial charge in [0.25, 0.3) is 11.5 Å². The van der Waals surface area contributed by atoms with Gasteiger partial charge in [-0.2, -0.15) is 4.39 Å². The van der Waals surface area contributed by atoms with Gasteiger partial charge in [-0.05, 0) is 0 Å². The summed E-state index contributed by atoms with van der Waals surface area (Å²) in [7, 11) is 0. The van der Waals surface area contributed by atoms with Gasteiger partial charge >= 0.3 is 5.69 Å². The Kier molecular flexibility index (Phi) is 3.03. The van der Waals surface area contributed by atoms with E-state index in [4.69, 9.17) is 9.84 Å². The summed E-state index contributed by atoms with van der Waals surface area (Å²) >= 11 is 0. The van der Waals surface area contributed by atoms with Crippen molar-refractivity contribution in [3.63, 3.8) is 0 Å². The highest BCUT2D eigenvalue weighted by atomic mass is 19.3. The maximum atomic E-state index is 13.5. The van der Waals surface area contributed by atoms with E-state index in [-0.39, 0.29) is 4.57 Å². The van der Waals surface area contributed by atoms with E-state index in [0.717, 1.165) is 0 Å². The molecule has 18 heavy (non-hydrogen) atoms. The smallest absolute Gasteiger partial charge is 0.330 e. The summed E-state index contributed by atoms with van der Waals surface area (Å²) < 4.78 is 45.1. The van der Waals surface area contributed by atoms with Gasteiger partial charge in [0.2, 0.25) is 12.0 Å². The number of nitrogens with zero attached hydrogens (tertiary/aromatic N) is 1. The molecule has 0 aromatic carbocycles. The van der Waals surface area contributed by atoms with E-state index in [1.54, 1.807) is 4.98 Å². The molecule has 1 fully saturated rings. The number of H-pyrrole nitrogens is 1. The minimum atomic E-state index is -3.44. The highest BCUT2D eigenvalue weighted by Gasteiger charge is 2.51. The van der Waals surface area contributed by atoms with Crippen molar-refractivity contribution in [2.75, 3.05) is 6.61 Å². The SMILES string of the molecule is O=c1[nH]c(=O)n([C@@H]2O[C@@H](CO)CC2(F)F)cc1F. The molecule has 1 aliphatic heterocycles. The number of aliphatic hydroxyl groups excluding tert-OH is 1. The fourth-order valence-corrected chi connectivity index (χ4v) is 1.75. The molecule has 1 aliphatic rings. The van der Waals surface area contributed by atoms with Crippen LogP contribution in [0, 0.1) is 5.82 Å². The van der Waals surface area contributed by atoms with Crippen molar-refractivity contribution in [1.82, 2.24) is 9.55 Å². The van der Waals surface area contributed by atoms with E-state index >= 15 is 0 Å². The molecule has 100 valence electrons. The number of ether oxygens (including phenoxy) is 1. The highest BCUT2D eigenvalue weighted by molar-refractivity contribution is 4.94. The lowest BCUT2D eigenvalue weighted by atomic mass is 10.2. The number of nitrogens with one attached hydrogen (secondary N) is 1. The van der Waals surface area contributed by atoms with E-state index in [9.17, 15) is 22.8 Å². The third-order valence-electron chi connectivity index (χ3n) is 2.56. The van der Waals surface area contributed by atoms with Gasteiger partial charge in [0.1, 0.15) is 0 Å². The van der Waals surface area contributed by atoms with Crippen molar-refractivity contribution in [1.29, 1.82) is 0 Å². The normalized spacial score (nSPS) is 26.4. The Morgan fingerprint density at radius 2 is 2.22 bits per heavy atom. The molecule has 2 rings (SSSR count). The van der Waals surface area contributed by atoms with E-state index in [0.29, 0.717) is 6.20 Å². The summed E-state index contributed by atoms with van der Waals surface area (Å²) in [4.78, 5) is 23.7. The number of rotatable bonds is 2. The number of aromatic nitrogens is 2. The van der Waals surface area contributed by atoms with Crippen LogP contribution in [0.25, 0.3) is 0 Å². The van der Waals surface area contributed by atoms with Crippen LogP contribution >= 0.6 is 0 Å². The van der Waals surface area contributed by atoms with Gasteiger partial charge in [0.15, 0.2) is 0 Å². The Bertz CT molecular complexity index is 568. The van der Waals surface area contributed by atoms with Crippen molar-refractivity contribution >= 4 is 0 Å². The molecule has 2 heterocycles. The molecule has 2 N–H and O–H groups in total. The number of hydrogen-bond donors (Lipinski definition) is 2. The van der Waals surface area contributed by atoms with Crippen LogP contribution in [0.1, 0.15) is 12.6 Å². The topological polar surface area (TPSA) is 84.3 Å². The first-order valence-corrected chi connectivity index (χ1v) is 5.00. The van der Waals surface area contributed by atoms with E-state index in [1.807, 2.05) is 0 Å². The maximum absolute atomic E-state index is 13.5.